The zero-order chi connectivity index (χ0) is 18.1. The van der Waals surface area contributed by atoms with E-state index in [0.717, 1.165) is 12.8 Å². The minimum Gasteiger partial charge on any atom is -0.462 e. The smallest absolute Gasteiger partial charge is 0.342 e. The topological polar surface area (TPSA) is 61.8 Å². The van der Waals surface area contributed by atoms with E-state index >= 15 is 0 Å². The lowest BCUT2D eigenvalue weighted by molar-refractivity contribution is -0.0373. The van der Waals surface area contributed by atoms with Crippen LogP contribution in [0.15, 0.2) is 54.6 Å². The molecule has 132 valence electrons. The van der Waals surface area contributed by atoms with Crippen LogP contribution >= 0.6 is 0 Å². The van der Waals surface area contributed by atoms with Crippen LogP contribution in [0.4, 0.5) is 0 Å². The maximum absolute atomic E-state index is 12.4. The van der Waals surface area contributed by atoms with Gasteiger partial charge in [0.05, 0.1) is 17.7 Å². The van der Waals surface area contributed by atoms with Crippen LogP contribution in [0.3, 0.4) is 0 Å². The zero-order valence-electron chi connectivity index (χ0n) is 14.4. The maximum Gasteiger partial charge on any atom is 0.342 e. The first kappa shape index (κ1) is 18.5. The van der Waals surface area contributed by atoms with Gasteiger partial charge in [-0.1, -0.05) is 43.7 Å². The van der Waals surface area contributed by atoms with E-state index in [1.807, 2.05) is 25.1 Å². The normalized spacial score (nSPS) is 11.4. The largest absolute Gasteiger partial charge is 0.462 e. The molecule has 5 nitrogen and oxygen atoms in total. The van der Waals surface area contributed by atoms with E-state index in [4.69, 9.17) is 14.2 Å². The van der Waals surface area contributed by atoms with E-state index < -0.39 is 18.2 Å². The molecule has 0 aliphatic heterocycles. The molecule has 2 aromatic carbocycles. The highest BCUT2D eigenvalue weighted by Crippen LogP contribution is 2.16. The first-order valence-electron chi connectivity index (χ1n) is 8.30. The Kier molecular flexibility index (Phi) is 7.01. The van der Waals surface area contributed by atoms with Crippen LogP contribution in [0.2, 0.25) is 0 Å². The van der Waals surface area contributed by atoms with Crippen LogP contribution in [0, 0.1) is 0 Å². The highest BCUT2D eigenvalue weighted by molar-refractivity contribution is 6.03. The zero-order valence-corrected chi connectivity index (χ0v) is 14.4. The van der Waals surface area contributed by atoms with Gasteiger partial charge in [-0.25, -0.2) is 9.59 Å². The van der Waals surface area contributed by atoms with Gasteiger partial charge in [0.25, 0.3) is 0 Å². The highest BCUT2D eigenvalue weighted by atomic mass is 16.7. The number of ether oxygens (including phenoxy) is 3. The third kappa shape index (κ3) is 5.64. The molecule has 0 heterocycles. The van der Waals surface area contributed by atoms with Crippen LogP contribution in [0.25, 0.3) is 0 Å². The van der Waals surface area contributed by atoms with Crippen LogP contribution in [0.1, 0.15) is 47.4 Å². The van der Waals surface area contributed by atoms with Crippen LogP contribution in [-0.4, -0.2) is 24.8 Å². The Labute approximate surface area is 147 Å². The number of para-hydroxylation sites is 1. The third-order valence-corrected chi connectivity index (χ3v) is 3.42. The van der Waals surface area contributed by atoms with Gasteiger partial charge in [-0.15, -0.1) is 0 Å². The van der Waals surface area contributed by atoms with E-state index in [1.54, 1.807) is 37.3 Å². The van der Waals surface area contributed by atoms with Crippen molar-refractivity contribution in [3.8, 4) is 5.75 Å². The SMILES string of the molecule is CCCCOC(=O)c1ccccc1C(=O)OC(C)Oc1ccccc1. The number of hydrogen-bond donors (Lipinski definition) is 0. The molecule has 25 heavy (non-hydrogen) atoms. The third-order valence-electron chi connectivity index (χ3n) is 3.42. The van der Waals surface area contributed by atoms with Crippen molar-refractivity contribution < 1.29 is 23.8 Å². The van der Waals surface area contributed by atoms with Gasteiger partial charge in [-0.05, 0) is 30.7 Å². The van der Waals surface area contributed by atoms with Crippen molar-refractivity contribution >= 4 is 11.9 Å². The Hall–Kier alpha value is -2.82. The summed E-state index contributed by atoms with van der Waals surface area (Å²) in [6.07, 6.45) is 0.907. The lowest BCUT2D eigenvalue weighted by Crippen LogP contribution is -2.22. The molecule has 0 amide bonds. The fourth-order valence-electron chi connectivity index (χ4n) is 2.16. The minimum absolute atomic E-state index is 0.160. The lowest BCUT2D eigenvalue weighted by atomic mass is 10.1. The maximum atomic E-state index is 12.4. The molecule has 0 spiro atoms. The van der Waals surface area contributed by atoms with Crippen LogP contribution < -0.4 is 4.74 Å². The summed E-state index contributed by atoms with van der Waals surface area (Å²) in [5.41, 5.74) is 0.350. The molecule has 0 aliphatic carbocycles. The van der Waals surface area contributed by atoms with Crippen molar-refractivity contribution in [3.05, 3.63) is 65.7 Å². The summed E-state index contributed by atoms with van der Waals surface area (Å²) in [4.78, 5) is 24.6. The van der Waals surface area contributed by atoms with E-state index in [2.05, 4.69) is 0 Å². The predicted octanol–water partition coefficient (Wildman–Crippen LogP) is 4.23. The number of esters is 2. The summed E-state index contributed by atoms with van der Waals surface area (Å²) in [6.45, 7) is 3.95. The first-order valence-corrected chi connectivity index (χ1v) is 8.30. The number of hydrogen-bond acceptors (Lipinski definition) is 5. The number of benzene rings is 2. The fourth-order valence-corrected chi connectivity index (χ4v) is 2.16. The molecule has 0 aromatic heterocycles. The van der Waals surface area contributed by atoms with Gasteiger partial charge in [0.1, 0.15) is 5.75 Å². The molecule has 0 bridgehead atoms. The molecule has 0 N–H and O–H groups in total. The molecule has 2 aromatic rings. The molecular formula is C20H22O5. The van der Waals surface area contributed by atoms with E-state index in [9.17, 15) is 9.59 Å². The Morgan fingerprint density at radius 3 is 2.16 bits per heavy atom. The standard InChI is InChI=1S/C20H22O5/c1-3-4-14-23-19(21)17-12-8-9-13-18(17)20(22)25-15(2)24-16-10-6-5-7-11-16/h5-13,15H,3-4,14H2,1-2H3. The second-order valence-electron chi connectivity index (χ2n) is 5.44. The molecule has 1 unspecified atom stereocenters. The predicted molar refractivity (Wildman–Crippen MR) is 93.6 cm³/mol. The van der Waals surface area contributed by atoms with Crippen molar-refractivity contribution in [1.29, 1.82) is 0 Å². The summed E-state index contributed by atoms with van der Waals surface area (Å²) in [6, 6.07) is 15.5. The Morgan fingerprint density at radius 2 is 1.52 bits per heavy atom. The second-order valence-corrected chi connectivity index (χ2v) is 5.44. The molecule has 0 aliphatic rings. The molecule has 0 saturated carbocycles. The van der Waals surface area contributed by atoms with Gasteiger partial charge < -0.3 is 14.2 Å². The minimum atomic E-state index is -0.793. The van der Waals surface area contributed by atoms with Crippen molar-refractivity contribution in [2.24, 2.45) is 0 Å². The van der Waals surface area contributed by atoms with Crippen LogP contribution in [-0.2, 0) is 9.47 Å². The summed E-state index contributed by atoms with van der Waals surface area (Å²) in [7, 11) is 0. The monoisotopic (exact) mass is 342 g/mol. The molecule has 1 atom stereocenters. The first-order chi connectivity index (χ1) is 12.1. The van der Waals surface area contributed by atoms with E-state index in [1.165, 1.54) is 6.07 Å². The van der Waals surface area contributed by atoms with Gasteiger partial charge in [0.15, 0.2) is 0 Å². The summed E-state index contributed by atoms with van der Waals surface area (Å²) >= 11 is 0. The Balaban J connectivity index is 2.02. The second kappa shape index (κ2) is 9.47. The van der Waals surface area contributed by atoms with Crippen molar-refractivity contribution in [2.75, 3.05) is 6.61 Å². The van der Waals surface area contributed by atoms with E-state index in [-0.39, 0.29) is 11.1 Å². The molecule has 5 heteroatoms. The lowest BCUT2D eigenvalue weighted by Gasteiger charge is -2.16. The van der Waals surface area contributed by atoms with Crippen molar-refractivity contribution in [2.45, 2.75) is 33.0 Å². The van der Waals surface area contributed by atoms with Crippen molar-refractivity contribution in [1.82, 2.24) is 0 Å². The summed E-state index contributed by atoms with van der Waals surface area (Å²) in [5, 5.41) is 0. The highest BCUT2D eigenvalue weighted by Gasteiger charge is 2.21. The number of rotatable bonds is 8. The number of unbranched alkanes of at least 4 members (excludes halogenated alkanes) is 1. The molecular weight excluding hydrogens is 320 g/mol. The molecule has 0 fully saturated rings. The van der Waals surface area contributed by atoms with Gasteiger partial charge in [0, 0.05) is 6.92 Å². The molecule has 0 radical (unpaired) electrons. The molecule has 2 rings (SSSR count). The Morgan fingerprint density at radius 1 is 0.920 bits per heavy atom. The molecule has 0 saturated heterocycles. The summed E-state index contributed by atoms with van der Waals surface area (Å²) in [5.74, 6) is -0.570. The van der Waals surface area contributed by atoms with Gasteiger partial charge in [0.2, 0.25) is 6.29 Å². The van der Waals surface area contributed by atoms with Crippen molar-refractivity contribution in [3.63, 3.8) is 0 Å². The fraction of sp³-hybridized carbons (Fsp3) is 0.300. The average molecular weight is 342 g/mol. The van der Waals surface area contributed by atoms with Gasteiger partial charge >= 0.3 is 11.9 Å². The quantitative estimate of drug-likeness (QED) is 0.408. The average Bonchev–Trinajstić information content (AvgIpc) is 2.62. The van der Waals surface area contributed by atoms with E-state index in [0.29, 0.717) is 12.4 Å². The Bertz CT molecular complexity index is 696. The number of carbonyl (C=O) groups excluding carboxylic acids is 2. The van der Waals surface area contributed by atoms with Gasteiger partial charge in [-0.3, -0.25) is 0 Å². The van der Waals surface area contributed by atoms with Crippen LogP contribution in [0.5, 0.6) is 5.75 Å². The number of carbonyl (C=O) groups is 2. The summed E-state index contributed by atoms with van der Waals surface area (Å²) < 4.78 is 16.0. The van der Waals surface area contributed by atoms with Gasteiger partial charge in [-0.2, -0.15) is 0 Å².